The van der Waals surface area contributed by atoms with Crippen LogP contribution in [0, 0.1) is 13.8 Å². The van der Waals surface area contributed by atoms with Crippen LogP contribution in [-0.2, 0) is 6.54 Å². The number of thiophene rings is 1. The van der Waals surface area contributed by atoms with E-state index < -0.39 is 6.10 Å². The van der Waals surface area contributed by atoms with E-state index in [4.69, 9.17) is 0 Å². The van der Waals surface area contributed by atoms with Crippen molar-refractivity contribution in [2.75, 3.05) is 0 Å². The molecule has 0 fully saturated rings. The first-order valence-corrected chi connectivity index (χ1v) is 7.61. The molecule has 21 heavy (non-hydrogen) atoms. The SMILES string of the molecule is Cc1cc(C)cc(C(O)Cn2cnc3sccc3c2=O)c1. The van der Waals surface area contributed by atoms with Crippen LogP contribution in [0.15, 0.2) is 40.8 Å². The molecule has 0 aliphatic carbocycles. The summed E-state index contributed by atoms with van der Waals surface area (Å²) in [5.74, 6) is 0. The highest BCUT2D eigenvalue weighted by Gasteiger charge is 2.12. The summed E-state index contributed by atoms with van der Waals surface area (Å²) in [6.45, 7) is 4.20. The van der Waals surface area contributed by atoms with Crippen molar-refractivity contribution in [2.45, 2.75) is 26.5 Å². The Labute approximate surface area is 126 Å². The molecule has 1 aromatic carbocycles. The van der Waals surface area contributed by atoms with Gasteiger partial charge in [-0.2, -0.15) is 0 Å². The summed E-state index contributed by atoms with van der Waals surface area (Å²) in [5, 5.41) is 12.8. The molecular formula is C16H16N2O2S. The second kappa shape index (κ2) is 5.42. The fourth-order valence-electron chi connectivity index (χ4n) is 2.52. The number of rotatable bonds is 3. The van der Waals surface area contributed by atoms with Gasteiger partial charge in [-0.15, -0.1) is 11.3 Å². The van der Waals surface area contributed by atoms with Gasteiger partial charge in [-0.25, -0.2) is 4.98 Å². The number of hydrogen-bond acceptors (Lipinski definition) is 4. The van der Waals surface area contributed by atoms with Crippen LogP contribution < -0.4 is 5.56 Å². The van der Waals surface area contributed by atoms with E-state index in [-0.39, 0.29) is 12.1 Å². The van der Waals surface area contributed by atoms with Gasteiger partial charge in [0.15, 0.2) is 0 Å². The van der Waals surface area contributed by atoms with E-state index in [2.05, 4.69) is 11.1 Å². The molecule has 2 heterocycles. The second-order valence-electron chi connectivity index (χ2n) is 5.28. The number of aliphatic hydroxyl groups excluding tert-OH is 1. The van der Waals surface area contributed by atoms with Crippen LogP contribution in [0.25, 0.3) is 10.2 Å². The van der Waals surface area contributed by atoms with Crippen molar-refractivity contribution in [1.29, 1.82) is 0 Å². The average Bonchev–Trinajstić information content (AvgIpc) is 2.90. The highest BCUT2D eigenvalue weighted by atomic mass is 32.1. The summed E-state index contributed by atoms with van der Waals surface area (Å²) in [6.07, 6.45) is 0.784. The van der Waals surface area contributed by atoms with E-state index in [9.17, 15) is 9.90 Å². The largest absolute Gasteiger partial charge is 0.387 e. The van der Waals surface area contributed by atoms with E-state index in [0.29, 0.717) is 5.39 Å². The maximum absolute atomic E-state index is 12.3. The smallest absolute Gasteiger partial charge is 0.262 e. The number of aryl methyl sites for hydroxylation is 2. The average molecular weight is 300 g/mol. The Kier molecular flexibility index (Phi) is 3.61. The third-order valence-corrected chi connectivity index (χ3v) is 4.27. The van der Waals surface area contributed by atoms with Crippen LogP contribution in [0.2, 0.25) is 0 Å². The van der Waals surface area contributed by atoms with Gasteiger partial charge >= 0.3 is 0 Å². The van der Waals surface area contributed by atoms with E-state index in [1.165, 1.54) is 22.2 Å². The summed E-state index contributed by atoms with van der Waals surface area (Å²) in [6, 6.07) is 7.72. The maximum atomic E-state index is 12.3. The van der Waals surface area contributed by atoms with Crippen molar-refractivity contribution in [2.24, 2.45) is 0 Å². The van der Waals surface area contributed by atoms with E-state index >= 15 is 0 Å². The Morgan fingerprint density at radius 2 is 2.00 bits per heavy atom. The van der Waals surface area contributed by atoms with E-state index in [1.807, 2.05) is 31.4 Å². The molecule has 3 rings (SSSR count). The van der Waals surface area contributed by atoms with Crippen LogP contribution >= 0.6 is 11.3 Å². The predicted molar refractivity (Wildman–Crippen MR) is 84.8 cm³/mol. The first-order valence-electron chi connectivity index (χ1n) is 6.73. The summed E-state index contributed by atoms with van der Waals surface area (Å²) >= 11 is 1.44. The molecule has 3 aromatic rings. The molecule has 0 amide bonds. The molecule has 1 atom stereocenters. The van der Waals surface area contributed by atoms with Crippen LogP contribution in [0.5, 0.6) is 0 Å². The third-order valence-electron chi connectivity index (χ3n) is 3.45. The number of benzene rings is 1. The van der Waals surface area contributed by atoms with Gasteiger partial charge in [0.25, 0.3) is 5.56 Å². The molecule has 0 saturated heterocycles. The van der Waals surface area contributed by atoms with Crippen LogP contribution in [0.1, 0.15) is 22.8 Å². The molecule has 108 valence electrons. The molecule has 0 radical (unpaired) electrons. The Hall–Kier alpha value is -1.98. The third kappa shape index (κ3) is 2.75. The summed E-state index contributed by atoms with van der Waals surface area (Å²) in [4.78, 5) is 17.3. The predicted octanol–water partition coefficient (Wildman–Crippen LogP) is 2.81. The van der Waals surface area contributed by atoms with Gasteiger partial charge in [0.2, 0.25) is 0 Å². The first kappa shape index (κ1) is 14.0. The molecule has 0 bridgehead atoms. The van der Waals surface area contributed by atoms with E-state index in [0.717, 1.165) is 21.5 Å². The van der Waals surface area contributed by atoms with Gasteiger partial charge in [-0.05, 0) is 30.9 Å². The number of aromatic nitrogens is 2. The molecule has 1 unspecified atom stereocenters. The molecular weight excluding hydrogens is 284 g/mol. The standard InChI is InChI=1S/C16H16N2O2S/c1-10-5-11(2)7-12(6-10)14(19)8-18-9-17-15-13(16(18)20)3-4-21-15/h3-7,9,14,19H,8H2,1-2H3. The van der Waals surface area contributed by atoms with Crippen molar-refractivity contribution in [3.05, 3.63) is 63.0 Å². The highest BCUT2D eigenvalue weighted by Crippen LogP contribution is 2.19. The molecule has 4 nitrogen and oxygen atoms in total. The summed E-state index contributed by atoms with van der Waals surface area (Å²) < 4.78 is 1.47. The molecule has 0 aliphatic rings. The van der Waals surface area contributed by atoms with Gasteiger partial charge < -0.3 is 5.11 Å². The maximum Gasteiger partial charge on any atom is 0.262 e. The zero-order chi connectivity index (χ0) is 15.0. The number of aliphatic hydroxyl groups is 1. The van der Waals surface area contributed by atoms with Gasteiger partial charge in [0, 0.05) is 0 Å². The minimum absolute atomic E-state index is 0.107. The highest BCUT2D eigenvalue weighted by molar-refractivity contribution is 7.16. The first-order chi connectivity index (χ1) is 10.0. The number of fused-ring (bicyclic) bond motifs is 1. The number of nitrogens with zero attached hydrogens (tertiary/aromatic N) is 2. The Morgan fingerprint density at radius 3 is 2.71 bits per heavy atom. The monoisotopic (exact) mass is 300 g/mol. The van der Waals surface area contributed by atoms with Gasteiger partial charge in [0.05, 0.1) is 24.4 Å². The lowest BCUT2D eigenvalue weighted by atomic mass is 10.0. The molecule has 2 aromatic heterocycles. The van der Waals surface area contributed by atoms with Crippen LogP contribution in [-0.4, -0.2) is 14.7 Å². The van der Waals surface area contributed by atoms with Gasteiger partial charge in [-0.3, -0.25) is 9.36 Å². The Balaban J connectivity index is 1.94. The normalized spacial score (nSPS) is 12.7. The Morgan fingerprint density at radius 1 is 1.29 bits per heavy atom. The van der Waals surface area contributed by atoms with Crippen LogP contribution in [0.4, 0.5) is 0 Å². The van der Waals surface area contributed by atoms with Crippen molar-refractivity contribution in [3.63, 3.8) is 0 Å². The lowest BCUT2D eigenvalue weighted by Crippen LogP contribution is -2.23. The van der Waals surface area contributed by atoms with Gasteiger partial charge in [0.1, 0.15) is 4.83 Å². The Bertz CT molecular complexity index is 831. The van der Waals surface area contributed by atoms with E-state index in [1.54, 1.807) is 6.07 Å². The van der Waals surface area contributed by atoms with Crippen molar-refractivity contribution in [3.8, 4) is 0 Å². The lowest BCUT2D eigenvalue weighted by Gasteiger charge is -2.14. The molecule has 0 aliphatic heterocycles. The topological polar surface area (TPSA) is 55.1 Å². The fraction of sp³-hybridized carbons (Fsp3) is 0.250. The second-order valence-corrected chi connectivity index (χ2v) is 6.17. The number of hydrogen-bond donors (Lipinski definition) is 1. The van der Waals surface area contributed by atoms with Gasteiger partial charge in [-0.1, -0.05) is 29.3 Å². The fourth-order valence-corrected chi connectivity index (χ4v) is 3.24. The summed E-state index contributed by atoms with van der Waals surface area (Å²) in [7, 11) is 0. The molecule has 1 N–H and O–H groups in total. The summed E-state index contributed by atoms with van der Waals surface area (Å²) in [5.41, 5.74) is 2.92. The lowest BCUT2D eigenvalue weighted by molar-refractivity contribution is 0.155. The molecule has 0 saturated carbocycles. The molecule has 5 heteroatoms. The minimum atomic E-state index is -0.723. The van der Waals surface area contributed by atoms with Crippen molar-refractivity contribution < 1.29 is 5.11 Å². The van der Waals surface area contributed by atoms with Crippen molar-refractivity contribution >= 4 is 21.6 Å². The van der Waals surface area contributed by atoms with Crippen LogP contribution in [0.3, 0.4) is 0 Å². The zero-order valence-electron chi connectivity index (χ0n) is 11.9. The quantitative estimate of drug-likeness (QED) is 0.809. The zero-order valence-corrected chi connectivity index (χ0v) is 12.7. The minimum Gasteiger partial charge on any atom is -0.387 e. The molecule has 0 spiro atoms. The van der Waals surface area contributed by atoms with Crippen molar-refractivity contribution in [1.82, 2.24) is 9.55 Å².